The molecule has 0 fully saturated rings. The number of hydrogen-bond acceptors (Lipinski definition) is 2. The van der Waals surface area contributed by atoms with Gasteiger partial charge in [0.2, 0.25) is 0 Å². The first-order chi connectivity index (χ1) is 10.2. The number of benzene rings is 2. The highest BCUT2D eigenvalue weighted by molar-refractivity contribution is 5.38. The topological polar surface area (TPSA) is 29.5 Å². The van der Waals surface area contributed by atoms with Crippen molar-refractivity contribution in [3.05, 3.63) is 65.0 Å². The van der Waals surface area contributed by atoms with Crippen molar-refractivity contribution < 1.29 is 14.2 Å². The van der Waals surface area contributed by atoms with Gasteiger partial charge in [-0.2, -0.15) is 0 Å². The summed E-state index contributed by atoms with van der Waals surface area (Å²) in [6.07, 6.45) is 0.381. The van der Waals surface area contributed by atoms with Crippen molar-refractivity contribution in [3.8, 4) is 17.6 Å². The Morgan fingerprint density at radius 3 is 2.76 bits per heavy atom. The van der Waals surface area contributed by atoms with Crippen LogP contribution in [-0.2, 0) is 6.61 Å². The summed E-state index contributed by atoms with van der Waals surface area (Å²) in [5, 5.41) is 8.69. The predicted octanol–water partition coefficient (Wildman–Crippen LogP) is 3.45. The molecule has 108 valence electrons. The van der Waals surface area contributed by atoms with Crippen molar-refractivity contribution in [1.29, 1.82) is 0 Å². The molecule has 2 nitrogen and oxygen atoms in total. The van der Waals surface area contributed by atoms with Gasteiger partial charge in [-0.15, -0.1) is 0 Å². The lowest BCUT2D eigenvalue weighted by Crippen LogP contribution is -1.98. The number of ether oxygens (including phenoxy) is 1. The highest BCUT2D eigenvalue weighted by Gasteiger charge is 2.02. The molecule has 0 saturated heterocycles. The molecule has 21 heavy (non-hydrogen) atoms. The highest BCUT2D eigenvalue weighted by Crippen LogP contribution is 2.18. The summed E-state index contributed by atoms with van der Waals surface area (Å²) in [6, 6.07) is 12.3. The quantitative estimate of drug-likeness (QED) is 0.871. The number of aliphatic hydroxyl groups excluding tert-OH is 1. The second-order valence-electron chi connectivity index (χ2n) is 4.68. The first kappa shape index (κ1) is 15.1. The van der Waals surface area contributed by atoms with Gasteiger partial charge in [-0.3, -0.25) is 0 Å². The second kappa shape index (κ2) is 7.47. The van der Waals surface area contributed by atoms with Crippen molar-refractivity contribution in [3.63, 3.8) is 0 Å². The van der Waals surface area contributed by atoms with E-state index in [-0.39, 0.29) is 19.0 Å². The predicted molar refractivity (Wildman–Crippen MR) is 80.5 cm³/mol. The minimum atomic E-state index is -0.339. The molecule has 0 radical (unpaired) electrons. The molecule has 0 spiro atoms. The maximum Gasteiger partial charge on any atom is 0.124 e. The summed E-state index contributed by atoms with van der Waals surface area (Å²) in [6.45, 7) is 2.26. The van der Waals surface area contributed by atoms with Crippen LogP contribution in [0.2, 0.25) is 0 Å². The Labute approximate surface area is 124 Å². The summed E-state index contributed by atoms with van der Waals surface area (Å²) in [5.41, 5.74) is 2.36. The van der Waals surface area contributed by atoms with Crippen molar-refractivity contribution >= 4 is 0 Å². The van der Waals surface area contributed by atoms with Crippen LogP contribution >= 0.6 is 0 Å². The van der Waals surface area contributed by atoms with Crippen molar-refractivity contribution in [2.45, 2.75) is 20.0 Å². The third-order valence-electron chi connectivity index (χ3n) is 2.92. The van der Waals surface area contributed by atoms with Crippen LogP contribution in [0.1, 0.15) is 23.1 Å². The van der Waals surface area contributed by atoms with Crippen LogP contribution < -0.4 is 4.74 Å². The number of para-hydroxylation sites is 1. The number of aryl methyl sites for hydroxylation is 1. The van der Waals surface area contributed by atoms with E-state index in [1.165, 1.54) is 12.1 Å². The van der Waals surface area contributed by atoms with E-state index >= 15 is 0 Å². The smallest absolute Gasteiger partial charge is 0.124 e. The van der Waals surface area contributed by atoms with Crippen LogP contribution in [0.5, 0.6) is 5.75 Å². The molecule has 0 bridgehead atoms. The van der Waals surface area contributed by atoms with E-state index < -0.39 is 0 Å². The Morgan fingerprint density at radius 1 is 1.19 bits per heavy atom. The van der Waals surface area contributed by atoms with Gasteiger partial charge in [-0.1, -0.05) is 30.0 Å². The second-order valence-corrected chi connectivity index (χ2v) is 4.68. The Bertz CT molecular complexity index is 668. The lowest BCUT2D eigenvalue weighted by Gasteiger charge is -2.09. The SMILES string of the molecule is Cc1ccccc1OCc1cc(F)cc(C#CCCO)c1. The van der Waals surface area contributed by atoms with E-state index in [4.69, 9.17) is 9.84 Å². The molecule has 0 aromatic heterocycles. The fourth-order valence-corrected chi connectivity index (χ4v) is 1.91. The van der Waals surface area contributed by atoms with Crippen LogP contribution in [0.15, 0.2) is 42.5 Å². The minimum absolute atomic E-state index is 0.00552. The molecule has 2 rings (SSSR count). The molecular formula is C18H17FO2. The molecule has 0 aliphatic carbocycles. The number of aliphatic hydroxyl groups is 1. The van der Waals surface area contributed by atoms with Gasteiger partial charge in [0.15, 0.2) is 0 Å². The summed E-state index contributed by atoms with van der Waals surface area (Å²) in [5.74, 6) is 6.06. The molecule has 3 heteroatoms. The van der Waals surface area contributed by atoms with Crippen molar-refractivity contribution in [2.24, 2.45) is 0 Å². The first-order valence-corrected chi connectivity index (χ1v) is 6.76. The Hall–Kier alpha value is -2.31. The van der Waals surface area contributed by atoms with Gasteiger partial charge < -0.3 is 9.84 Å². The zero-order valence-electron chi connectivity index (χ0n) is 11.9. The minimum Gasteiger partial charge on any atom is -0.489 e. The third kappa shape index (κ3) is 4.62. The average molecular weight is 284 g/mol. The number of rotatable bonds is 4. The molecule has 0 saturated carbocycles. The Balaban J connectivity index is 2.10. The van der Waals surface area contributed by atoms with Gasteiger partial charge in [0, 0.05) is 12.0 Å². The Kier molecular flexibility index (Phi) is 5.36. The normalized spacial score (nSPS) is 9.86. The number of halogens is 1. The molecule has 0 amide bonds. The Morgan fingerprint density at radius 2 is 2.00 bits per heavy atom. The number of hydrogen-bond donors (Lipinski definition) is 1. The van der Waals surface area contributed by atoms with E-state index in [0.29, 0.717) is 12.0 Å². The summed E-state index contributed by atoms with van der Waals surface area (Å²) in [7, 11) is 0. The van der Waals surface area contributed by atoms with E-state index in [1.54, 1.807) is 6.07 Å². The largest absolute Gasteiger partial charge is 0.489 e. The summed E-state index contributed by atoms with van der Waals surface area (Å²) < 4.78 is 19.3. The van der Waals surface area contributed by atoms with E-state index in [1.807, 2.05) is 31.2 Å². The van der Waals surface area contributed by atoms with Crippen LogP contribution in [-0.4, -0.2) is 11.7 Å². The average Bonchev–Trinajstić information content (AvgIpc) is 2.46. The standard InChI is InChI=1S/C18H17FO2/c1-14-6-2-3-8-18(14)21-13-16-10-15(7-4-5-9-20)11-17(19)12-16/h2-3,6,8,10-12,20H,5,9,13H2,1H3. The maximum absolute atomic E-state index is 13.6. The molecule has 1 N–H and O–H groups in total. The van der Waals surface area contributed by atoms with Crippen molar-refractivity contribution in [1.82, 2.24) is 0 Å². The fourth-order valence-electron chi connectivity index (χ4n) is 1.91. The fraction of sp³-hybridized carbons (Fsp3) is 0.222. The van der Waals surface area contributed by atoms with E-state index in [2.05, 4.69) is 11.8 Å². The molecule has 2 aromatic carbocycles. The first-order valence-electron chi connectivity index (χ1n) is 6.76. The molecule has 0 aliphatic heterocycles. The van der Waals surface area contributed by atoms with Gasteiger partial charge in [0.25, 0.3) is 0 Å². The van der Waals surface area contributed by atoms with Gasteiger partial charge in [-0.05, 0) is 42.3 Å². The van der Waals surface area contributed by atoms with Gasteiger partial charge >= 0.3 is 0 Å². The van der Waals surface area contributed by atoms with Crippen LogP contribution in [0, 0.1) is 24.6 Å². The molecule has 0 atom stereocenters. The van der Waals surface area contributed by atoms with Crippen molar-refractivity contribution in [2.75, 3.05) is 6.61 Å². The molecule has 0 aliphatic rings. The molecule has 2 aromatic rings. The maximum atomic E-state index is 13.6. The van der Waals surface area contributed by atoms with E-state index in [0.717, 1.165) is 16.9 Å². The van der Waals surface area contributed by atoms with Crippen LogP contribution in [0.4, 0.5) is 4.39 Å². The van der Waals surface area contributed by atoms with Crippen LogP contribution in [0.3, 0.4) is 0 Å². The molecular weight excluding hydrogens is 267 g/mol. The summed E-state index contributed by atoms with van der Waals surface area (Å²) in [4.78, 5) is 0. The summed E-state index contributed by atoms with van der Waals surface area (Å²) >= 11 is 0. The van der Waals surface area contributed by atoms with Gasteiger partial charge in [0.05, 0.1) is 6.61 Å². The zero-order valence-corrected chi connectivity index (χ0v) is 11.9. The van der Waals surface area contributed by atoms with Gasteiger partial charge in [-0.25, -0.2) is 4.39 Å². The zero-order chi connectivity index (χ0) is 15.1. The third-order valence-corrected chi connectivity index (χ3v) is 2.92. The lowest BCUT2D eigenvalue weighted by molar-refractivity contribution is 0.303. The van der Waals surface area contributed by atoms with Gasteiger partial charge in [0.1, 0.15) is 18.2 Å². The monoisotopic (exact) mass is 284 g/mol. The molecule has 0 heterocycles. The lowest BCUT2D eigenvalue weighted by atomic mass is 10.1. The van der Waals surface area contributed by atoms with Crippen LogP contribution in [0.25, 0.3) is 0 Å². The molecule has 0 unspecified atom stereocenters. The highest BCUT2D eigenvalue weighted by atomic mass is 19.1. The van der Waals surface area contributed by atoms with E-state index in [9.17, 15) is 4.39 Å².